The summed E-state index contributed by atoms with van der Waals surface area (Å²) in [7, 11) is 0. The lowest BCUT2D eigenvalue weighted by Crippen LogP contribution is -2.41. The van der Waals surface area contributed by atoms with Gasteiger partial charge in [-0.3, -0.25) is 4.79 Å². The van der Waals surface area contributed by atoms with Crippen LogP contribution < -0.4 is 5.73 Å². The lowest BCUT2D eigenvalue weighted by Gasteiger charge is -2.25. The molecule has 1 aromatic carbocycles. The summed E-state index contributed by atoms with van der Waals surface area (Å²) in [6, 6.07) is 3.30. The third-order valence-corrected chi connectivity index (χ3v) is 4.01. The Labute approximate surface area is 125 Å². The predicted molar refractivity (Wildman–Crippen MR) is 77.8 cm³/mol. The molecule has 2 aromatic rings. The number of aromatic nitrogens is 2. The molecule has 0 aliphatic heterocycles. The minimum atomic E-state index is -0.962. The van der Waals surface area contributed by atoms with Gasteiger partial charge >= 0.3 is 0 Å². The second kappa shape index (κ2) is 4.85. The Hall–Kier alpha value is -0.970. The fraction of sp³-hybridized carbons (Fsp3) is 0.333. The number of nitrogens with zero attached hydrogens (tertiary/aromatic N) is 2. The third kappa shape index (κ3) is 2.29. The highest BCUT2D eigenvalue weighted by Crippen LogP contribution is 2.32. The normalized spacial score (nSPS) is 12.1. The number of primary amides is 1. The molecule has 0 spiro atoms. The van der Waals surface area contributed by atoms with Crippen LogP contribution in [0.3, 0.4) is 0 Å². The molecule has 0 saturated carbocycles. The van der Waals surface area contributed by atoms with Crippen LogP contribution in [-0.4, -0.2) is 15.5 Å². The van der Waals surface area contributed by atoms with E-state index < -0.39 is 11.4 Å². The molecule has 0 aliphatic rings. The smallest absolute Gasteiger partial charge is 0.243 e. The zero-order valence-electron chi connectivity index (χ0n) is 10.4. The van der Waals surface area contributed by atoms with E-state index in [1.165, 1.54) is 0 Å². The van der Waals surface area contributed by atoms with Crippen LogP contribution in [-0.2, 0) is 16.2 Å². The summed E-state index contributed by atoms with van der Waals surface area (Å²) in [6.07, 6.45) is 0. The van der Waals surface area contributed by atoms with Gasteiger partial charge in [-0.1, -0.05) is 23.2 Å². The summed E-state index contributed by atoms with van der Waals surface area (Å²) in [4.78, 5) is 16.0. The van der Waals surface area contributed by atoms with Crippen molar-refractivity contribution in [2.45, 2.75) is 25.3 Å². The van der Waals surface area contributed by atoms with Gasteiger partial charge in [-0.15, -0.1) is 11.6 Å². The maximum atomic E-state index is 11.7. The first-order valence-electron chi connectivity index (χ1n) is 5.51. The number of hydrogen-bond acceptors (Lipinski definition) is 2. The van der Waals surface area contributed by atoms with Gasteiger partial charge in [0.15, 0.2) is 0 Å². The Morgan fingerprint density at radius 1 is 1.37 bits per heavy atom. The maximum absolute atomic E-state index is 11.7. The average Bonchev–Trinajstić information content (AvgIpc) is 2.67. The van der Waals surface area contributed by atoms with E-state index in [9.17, 15) is 4.79 Å². The van der Waals surface area contributed by atoms with Crippen molar-refractivity contribution < 1.29 is 4.79 Å². The van der Waals surface area contributed by atoms with Crippen LogP contribution in [0.2, 0.25) is 10.0 Å². The van der Waals surface area contributed by atoms with Gasteiger partial charge in [0, 0.05) is 0 Å². The Morgan fingerprint density at radius 2 is 1.95 bits per heavy atom. The van der Waals surface area contributed by atoms with Crippen LogP contribution in [0.4, 0.5) is 0 Å². The number of nitrogens with two attached hydrogens (primary N) is 1. The zero-order chi connectivity index (χ0) is 14.4. The molecule has 2 N–H and O–H groups in total. The van der Waals surface area contributed by atoms with E-state index in [0.29, 0.717) is 26.9 Å². The van der Waals surface area contributed by atoms with Gasteiger partial charge in [-0.25, -0.2) is 4.98 Å². The average molecular weight is 321 g/mol. The minimum absolute atomic E-state index is 0.153. The highest BCUT2D eigenvalue weighted by Gasteiger charge is 2.31. The molecule has 0 aliphatic carbocycles. The molecule has 4 nitrogen and oxygen atoms in total. The molecule has 7 heteroatoms. The Balaban J connectivity index is 2.85. The number of halogens is 3. The number of benzene rings is 1. The minimum Gasteiger partial charge on any atom is -0.368 e. The molecule has 1 aromatic heterocycles. The summed E-state index contributed by atoms with van der Waals surface area (Å²) in [6.45, 7) is 3.41. The molecule has 0 saturated heterocycles. The molecule has 1 amide bonds. The largest absolute Gasteiger partial charge is 0.368 e. The van der Waals surface area contributed by atoms with Gasteiger partial charge in [0.2, 0.25) is 5.91 Å². The van der Waals surface area contributed by atoms with Crippen molar-refractivity contribution in [1.29, 1.82) is 0 Å². The van der Waals surface area contributed by atoms with E-state index in [2.05, 4.69) is 4.98 Å². The van der Waals surface area contributed by atoms with Crippen molar-refractivity contribution in [3.8, 4) is 0 Å². The van der Waals surface area contributed by atoms with E-state index in [1.54, 1.807) is 30.5 Å². The molecule has 0 radical (unpaired) electrons. The highest BCUT2D eigenvalue weighted by atomic mass is 35.5. The Bertz CT molecular complexity index is 664. The van der Waals surface area contributed by atoms with Crippen molar-refractivity contribution >= 4 is 51.7 Å². The van der Waals surface area contributed by atoms with Crippen LogP contribution in [0, 0.1) is 0 Å². The molecular formula is C12H12Cl3N3O. The van der Waals surface area contributed by atoms with Crippen molar-refractivity contribution in [3.63, 3.8) is 0 Å². The number of imidazole rings is 1. The summed E-state index contributed by atoms with van der Waals surface area (Å²) >= 11 is 17.9. The zero-order valence-corrected chi connectivity index (χ0v) is 12.6. The van der Waals surface area contributed by atoms with Crippen LogP contribution in [0.25, 0.3) is 11.0 Å². The lowest BCUT2D eigenvalue weighted by atomic mass is 10.0. The first-order chi connectivity index (χ1) is 8.78. The first-order valence-corrected chi connectivity index (χ1v) is 6.80. The number of amides is 1. The maximum Gasteiger partial charge on any atom is 0.243 e. The monoisotopic (exact) mass is 319 g/mol. The number of carbonyl (C=O) groups excluding carboxylic acids is 1. The number of rotatable bonds is 3. The SMILES string of the molecule is CC(C)(C(N)=O)n1c(CCl)nc2cc(Cl)c(Cl)cc21. The van der Waals surface area contributed by atoms with Crippen LogP contribution in [0.5, 0.6) is 0 Å². The van der Waals surface area contributed by atoms with E-state index in [1.807, 2.05) is 0 Å². The second-order valence-electron chi connectivity index (χ2n) is 4.68. The van der Waals surface area contributed by atoms with E-state index in [0.717, 1.165) is 0 Å². The fourth-order valence-corrected chi connectivity index (χ4v) is 2.44. The van der Waals surface area contributed by atoms with Crippen LogP contribution in [0.15, 0.2) is 12.1 Å². The number of hydrogen-bond donors (Lipinski definition) is 1. The third-order valence-electron chi connectivity index (χ3n) is 3.05. The summed E-state index contributed by atoms with van der Waals surface area (Å²) < 4.78 is 1.69. The van der Waals surface area contributed by atoms with Crippen LogP contribution >= 0.6 is 34.8 Å². The summed E-state index contributed by atoms with van der Waals surface area (Å²) in [5.41, 5.74) is 5.79. The molecule has 2 rings (SSSR count). The first kappa shape index (κ1) is 14.4. The van der Waals surface area contributed by atoms with Gasteiger partial charge in [0.1, 0.15) is 11.4 Å². The highest BCUT2D eigenvalue weighted by molar-refractivity contribution is 6.42. The van der Waals surface area contributed by atoms with Crippen LogP contribution in [0.1, 0.15) is 19.7 Å². The molecule has 0 unspecified atom stereocenters. The molecule has 1 heterocycles. The van der Waals surface area contributed by atoms with Gasteiger partial charge < -0.3 is 10.3 Å². The van der Waals surface area contributed by atoms with Gasteiger partial charge in [0.05, 0.1) is 27.0 Å². The number of carbonyl (C=O) groups is 1. The number of fused-ring (bicyclic) bond motifs is 1. The van der Waals surface area contributed by atoms with Gasteiger partial charge in [0.25, 0.3) is 0 Å². The van der Waals surface area contributed by atoms with E-state index >= 15 is 0 Å². The van der Waals surface area contributed by atoms with Crippen molar-refractivity contribution in [1.82, 2.24) is 9.55 Å². The molecular weight excluding hydrogens is 309 g/mol. The van der Waals surface area contributed by atoms with Crippen molar-refractivity contribution in [2.75, 3.05) is 0 Å². The second-order valence-corrected chi connectivity index (χ2v) is 5.76. The fourth-order valence-electron chi connectivity index (χ4n) is 1.95. The molecule has 102 valence electrons. The summed E-state index contributed by atoms with van der Waals surface area (Å²) in [5.74, 6) is 0.212. The summed E-state index contributed by atoms with van der Waals surface area (Å²) in [5, 5.41) is 0.786. The van der Waals surface area contributed by atoms with E-state index in [-0.39, 0.29) is 5.88 Å². The van der Waals surface area contributed by atoms with Gasteiger partial charge in [-0.2, -0.15) is 0 Å². The Morgan fingerprint density at radius 3 is 2.47 bits per heavy atom. The topological polar surface area (TPSA) is 60.9 Å². The van der Waals surface area contributed by atoms with Gasteiger partial charge in [-0.05, 0) is 26.0 Å². The molecule has 0 fully saturated rings. The van der Waals surface area contributed by atoms with Crippen molar-refractivity contribution in [2.24, 2.45) is 5.73 Å². The lowest BCUT2D eigenvalue weighted by molar-refractivity contribution is -0.125. The molecule has 0 atom stereocenters. The molecule has 0 bridgehead atoms. The molecule has 19 heavy (non-hydrogen) atoms. The quantitative estimate of drug-likeness (QED) is 0.882. The van der Waals surface area contributed by atoms with E-state index in [4.69, 9.17) is 40.5 Å². The Kier molecular flexibility index (Phi) is 3.69. The van der Waals surface area contributed by atoms with Crippen molar-refractivity contribution in [3.05, 3.63) is 28.0 Å². The standard InChI is InChI=1S/C12H12Cl3N3O/c1-12(2,11(16)19)18-9-4-7(15)6(14)3-8(9)17-10(18)5-13/h3-4H,5H2,1-2H3,(H2,16,19). The predicted octanol–water partition coefficient (Wildman–Crippen LogP) is 3.30. The number of alkyl halides is 1.